The van der Waals surface area contributed by atoms with Crippen LogP contribution in [-0.2, 0) is 4.74 Å². The number of benzene rings is 1. The average Bonchev–Trinajstić information content (AvgIpc) is 2.47. The molecule has 1 N–H and O–H groups in total. The zero-order chi connectivity index (χ0) is 14.5. The van der Waals surface area contributed by atoms with Crippen LogP contribution in [0.1, 0.15) is 20.7 Å². The van der Waals surface area contributed by atoms with Gasteiger partial charge in [-0.25, -0.2) is 9.78 Å². The van der Waals surface area contributed by atoms with Gasteiger partial charge in [0.25, 0.3) is 5.91 Å². The Labute approximate surface area is 114 Å². The van der Waals surface area contributed by atoms with E-state index in [-0.39, 0.29) is 5.56 Å². The van der Waals surface area contributed by atoms with Crippen LogP contribution < -0.4 is 5.32 Å². The Balaban J connectivity index is 2.15. The van der Waals surface area contributed by atoms with Crippen molar-refractivity contribution in [1.29, 1.82) is 0 Å². The molecular weight excluding hydrogens is 263 g/mol. The van der Waals surface area contributed by atoms with E-state index < -0.39 is 17.8 Å². The van der Waals surface area contributed by atoms with Crippen LogP contribution in [0.3, 0.4) is 0 Å². The molecule has 102 valence electrons. The molecule has 0 atom stereocenters. The quantitative estimate of drug-likeness (QED) is 0.688. The maximum Gasteiger partial charge on any atom is 0.337 e. The van der Waals surface area contributed by atoms with Crippen LogP contribution in [0.25, 0.3) is 0 Å². The van der Waals surface area contributed by atoms with Gasteiger partial charge in [-0.05, 0) is 30.3 Å². The summed E-state index contributed by atoms with van der Waals surface area (Å²) in [5.74, 6) is -1.60. The van der Waals surface area contributed by atoms with E-state index in [9.17, 15) is 14.0 Å². The van der Waals surface area contributed by atoms with Gasteiger partial charge < -0.3 is 10.1 Å². The zero-order valence-electron chi connectivity index (χ0n) is 10.6. The van der Waals surface area contributed by atoms with E-state index >= 15 is 0 Å². The molecule has 1 aromatic heterocycles. The smallest absolute Gasteiger partial charge is 0.337 e. The molecule has 2 rings (SSSR count). The van der Waals surface area contributed by atoms with E-state index in [0.29, 0.717) is 11.3 Å². The number of ether oxygens (including phenoxy) is 1. The molecule has 0 aliphatic carbocycles. The number of esters is 1. The van der Waals surface area contributed by atoms with Gasteiger partial charge in [0.2, 0.25) is 5.95 Å². The molecule has 0 unspecified atom stereocenters. The Morgan fingerprint density at radius 2 is 2.00 bits per heavy atom. The van der Waals surface area contributed by atoms with E-state index in [4.69, 9.17) is 0 Å². The van der Waals surface area contributed by atoms with Crippen molar-refractivity contribution in [2.75, 3.05) is 12.4 Å². The molecule has 6 heteroatoms. The fraction of sp³-hybridized carbons (Fsp3) is 0.0714. The van der Waals surface area contributed by atoms with Crippen molar-refractivity contribution in [2.24, 2.45) is 0 Å². The third-order valence-electron chi connectivity index (χ3n) is 2.53. The van der Waals surface area contributed by atoms with Gasteiger partial charge in [-0.15, -0.1) is 0 Å². The van der Waals surface area contributed by atoms with E-state index in [1.54, 1.807) is 18.2 Å². The minimum Gasteiger partial charge on any atom is -0.465 e. The summed E-state index contributed by atoms with van der Waals surface area (Å²) in [6.45, 7) is 0. The van der Waals surface area contributed by atoms with Crippen molar-refractivity contribution < 1.29 is 18.7 Å². The molecule has 0 spiro atoms. The van der Waals surface area contributed by atoms with Crippen LogP contribution >= 0.6 is 0 Å². The lowest BCUT2D eigenvalue weighted by Gasteiger charge is -2.06. The SMILES string of the molecule is COC(=O)c1cccc(NC(=O)c2ccc(F)nc2)c1. The van der Waals surface area contributed by atoms with E-state index in [0.717, 1.165) is 12.3 Å². The Bertz CT molecular complexity index is 641. The van der Waals surface area contributed by atoms with Gasteiger partial charge in [0.1, 0.15) is 0 Å². The largest absolute Gasteiger partial charge is 0.465 e. The van der Waals surface area contributed by atoms with Crippen LogP contribution in [0.2, 0.25) is 0 Å². The summed E-state index contributed by atoms with van der Waals surface area (Å²) in [5.41, 5.74) is 0.972. The second-order valence-corrected chi connectivity index (χ2v) is 3.90. The highest BCUT2D eigenvalue weighted by Crippen LogP contribution is 2.13. The number of halogens is 1. The van der Waals surface area contributed by atoms with Gasteiger partial charge >= 0.3 is 5.97 Å². The molecule has 1 heterocycles. The van der Waals surface area contributed by atoms with E-state index in [1.165, 1.54) is 19.2 Å². The first-order valence-corrected chi connectivity index (χ1v) is 5.71. The van der Waals surface area contributed by atoms with Crippen molar-refractivity contribution in [3.05, 3.63) is 59.7 Å². The fourth-order valence-electron chi connectivity index (χ4n) is 1.56. The number of carbonyl (C=O) groups is 2. The normalized spacial score (nSPS) is 9.90. The highest BCUT2D eigenvalue weighted by Gasteiger charge is 2.09. The summed E-state index contributed by atoms with van der Waals surface area (Å²) in [7, 11) is 1.28. The summed E-state index contributed by atoms with van der Waals surface area (Å²) >= 11 is 0. The minimum absolute atomic E-state index is 0.217. The number of anilines is 1. The van der Waals surface area contributed by atoms with Crippen LogP contribution in [0.4, 0.5) is 10.1 Å². The van der Waals surface area contributed by atoms with Crippen molar-refractivity contribution in [3.8, 4) is 0 Å². The molecule has 0 aliphatic rings. The first kappa shape index (κ1) is 13.7. The number of aromatic nitrogens is 1. The number of hydrogen-bond acceptors (Lipinski definition) is 4. The Morgan fingerprint density at radius 1 is 1.20 bits per heavy atom. The summed E-state index contributed by atoms with van der Waals surface area (Å²) in [6, 6.07) is 8.72. The summed E-state index contributed by atoms with van der Waals surface area (Å²) in [6.07, 6.45) is 1.13. The Hall–Kier alpha value is -2.76. The average molecular weight is 274 g/mol. The van der Waals surface area contributed by atoms with E-state index in [1.807, 2.05) is 0 Å². The number of hydrogen-bond donors (Lipinski definition) is 1. The van der Waals surface area contributed by atoms with Crippen molar-refractivity contribution in [1.82, 2.24) is 4.98 Å². The Morgan fingerprint density at radius 3 is 2.65 bits per heavy atom. The topological polar surface area (TPSA) is 68.3 Å². The van der Waals surface area contributed by atoms with Gasteiger partial charge in [-0.3, -0.25) is 4.79 Å². The monoisotopic (exact) mass is 274 g/mol. The van der Waals surface area contributed by atoms with Gasteiger partial charge in [0.15, 0.2) is 0 Å². The molecule has 1 aromatic carbocycles. The molecule has 1 amide bonds. The van der Waals surface area contributed by atoms with Gasteiger partial charge in [0, 0.05) is 11.9 Å². The summed E-state index contributed by atoms with van der Waals surface area (Å²) in [4.78, 5) is 26.7. The molecular formula is C14H11FN2O3. The number of nitrogens with zero attached hydrogens (tertiary/aromatic N) is 1. The van der Waals surface area contributed by atoms with Crippen molar-refractivity contribution in [3.63, 3.8) is 0 Å². The molecule has 0 fully saturated rings. The third-order valence-corrected chi connectivity index (χ3v) is 2.53. The first-order valence-electron chi connectivity index (χ1n) is 5.71. The fourth-order valence-corrected chi connectivity index (χ4v) is 1.56. The molecule has 2 aromatic rings. The lowest BCUT2D eigenvalue weighted by atomic mass is 10.2. The van der Waals surface area contributed by atoms with Crippen molar-refractivity contribution in [2.45, 2.75) is 0 Å². The van der Waals surface area contributed by atoms with Crippen molar-refractivity contribution >= 4 is 17.6 Å². The number of amides is 1. The minimum atomic E-state index is -0.658. The molecule has 0 aliphatic heterocycles. The standard InChI is InChI=1S/C14H11FN2O3/c1-20-14(19)9-3-2-4-11(7-9)17-13(18)10-5-6-12(15)16-8-10/h2-8H,1H3,(H,17,18). The van der Waals surface area contributed by atoms with Crippen LogP contribution in [-0.4, -0.2) is 24.0 Å². The number of rotatable bonds is 3. The number of carbonyl (C=O) groups excluding carboxylic acids is 2. The van der Waals surface area contributed by atoms with Gasteiger partial charge in [0.05, 0.1) is 18.2 Å². The third kappa shape index (κ3) is 3.17. The lowest BCUT2D eigenvalue weighted by Crippen LogP contribution is -2.13. The number of methoxy groups -OCH3 is 1. The second kappa shape index (κ2) is 5.92. The molecule has 5 nitrogen and oxygen atoms in total. The lowest BCUT2D eigenvalue weighted by molar-refractivity contribution is 0.0600. The Kier molecular flexibility index (Phi) is 4.05. The number of pyridine rings is 1. The predicted molar refractivity (Wildman–Crippen MR) is 69.9 cm³/mol. The predicted octanol–water partition coefficient (Wildman–Crippen LogP) is 2.26. The summed E-state index contributed by atoms with van der Waals surface area (Å²) in [5, 5.41) is 2.59. The maximum atomic E-state index is 12.7. The molecule has 20 heavy (non-hydrogen) atoms. The van der Waals surface area contributed by atoms with Gasteiger partial charge in [-0.2, -0.15) is 4.39 Å². The number of nitrogens with one attached hydrogen (secondary N) is 1. The molecule has 0 bridgehead atoms. The first-order chi connectivity index (χ1) is 9.60. The second-order valence-electron chi connectivity index (χ2n) is 3.90. The molecule has 0 saturated heterocycles. The molecule has 0 saturated carbocycles. The van der Waals surface area contributed by atoms with Crippen LogP contribution in [0.15, 0.2) is 42.6 Å². The highest BCUT2D eigenvalue weighted by molar-refractivity contribution is 6.04. The van der Waals surface area contributed by atoms with Gasteiger partial charge in [-0.1, -0.05) is 6.07 Å². The maximum absolute atomic E-state index is 12.7. The zero-order valence-corrected chi connectivity index (χ0v) is 10.6. The molecule has 0 radical (unpaired) electrons. The van der Waals surface area contributed by atoms with E-state index in [2.05, 4.69) is 15.0 Å². The van der Waals surface area contributed by atoms with Crippen LogP contribution in [0.5, 0.6) is 0 Å². The highest BCUT2D eigenvalue weighted by atomic mass is 19.1. The van der Waals surface area contributed by atoms with Crippen LogP contribution in [0, 0.1) is 5.95 Å². The summed E-state index contributed by atoms with van der Waals surface area (Å²) < 4.78 is 17.3.